The van der Waals surface area contributed by atoms with E-state index in [4.69, 9.17) is 4.74 Å². The molecule has 0 N–H and O–H groups in total. The molecular weight excluding hydrogens is 513 g/mol. The molecule has 3 heterocycles. The molecule has 1 aliphatic rings. The van der Waals surface area contributed by atoms with Gasteiger partial charge in [-0.2, -0.15) is 11.3 Å². The van der Waals surface area contributed by atoms with Crippen molar-refractivity contribution in [1.82, 2.24) is 10.0 Å². The highest BCUT2D eigenvalue weighted by molar-refractivity contribution is 8.13. The molecule has 0 bridgehead atoms. The van der Waals surface area contributed by atoms with Gasteiger partial charge in [0.25, 0.3) is 5.24 Å². The third-order valence-electron chi connectivity index (χ3n) is 5.59. The molecule has 4 rings (SSSR count). The standard InChI is InChI=1S/C27H26N2O4S3/c1-33-26(31)25-8-7-24(36-25)10-13-29-27(32)35-16-14-28(29)12-9-23(30)18-22-4-2-3-20(17-22)5-6-21-11-15-34-19-21/h2-4,7-8,11,15,17,19H,9-10,12-14,16,18H2,1H3. The van der Waals surface area contributed by atoms with E-state index in [0.29, 0.717) is 43.0 Å². The lowest BCUT2D eigenvalue weighted by Crippen LogP contribution is -2.50. The number of esters is 1. The number of methoxy groups -OCH3 is 1. The van der Waals surface area contributed by atoms with Crippen LogP contribution in [0.1, 0.15) is 37.7 Å². The van der Waals surface area contributed by atoms with Crippen molar-refractivity contribution in [1.29, 1.82) is 0 Å². The van der Waals surface area contributed by atoms with Crippen LogP contribution in [0.2, 0.25) is 0 Å². The summed E-state index contributed by atoms with van der Waals surface area (Å²) in [5.74, 6) is 6.79. The van der Waals surface area contributed by atoms with Crippen LogP contribution in [0, 0.1) is 11.8 Å². The summed E-state index contributed by atoms with van der Waals surface area (Å²) in [6.45, 7) is 1.72. The van der Waals surface area contributed by atoms with Gasteiger partial charge in [0.15, 0.2) is 0 Å². The Hall–Kier alpha value is -2.90. The zero-order chi connectivity index (χ0) is 25.3. The van der Waals surface area contributed by atoms with E-state index in [1.807, 2.05) is 52.2 Å². The summed E-state index contributed by atoms with van der Waals surface area (Å²) in [5.41, 5.74) is 2.82. The number of carbonyl (C=O) groups is 3. The lowest BCUT2D eigenvalue weighted by molar-refractivity contribution is -0.119. The predicted octanol–water partition coefficient (Wildman–Crippen LogP) is 5.13. The van der Waals surface area contributed by atoms with Crippen LogP contribution in [0.5, 0.6) is 0 Å². The Morgan fingerprint density at radius 3 is 2.75 bits per heavy atom. The quantitative estimate of drug-likeness (QED) is 0.278. The zero-order valence-electron chi connectivity index (χ0n) is 19.9. The lowest BCUT2D eigenvalue weighted by Gasteiger charge is -2.37. The Labute approximate surface area is 223 Å². The van der Waals surface area contributed by atoms with Crippen molar-refractivity contribution in [2.75, 3.05) is 32.5 Å². The Morgan fingerprint density at radius 2 is 1.94 bits per heavy atom. The van der Waals surface area contributed by atoms with E-state index in [-0.39, 0.29) is 17.0 Å². The fraction of sp³-hybridized carbons (Fsp3) is 0.296. The first kappa shape index (κ1) is 26.2. The molecule has 1 fully saturated rings. The van der Waals surface area contributed by atoms with E-state index in [1.54, 1.807) is 22.4 Å². The zero-order valence-corrected chi connectivity index (χ0v) is 22.3. The van der Waals surface area contributed by atoms with Crippen LogP contribution in [0.25, 0.3) is 0 Å². The largest absolute Gasteiger partial charge is 0.465 e. The van der Waals surface area contributed by atoms with Gasteiger partial charge in [0, 0.05) is 66.0 Å². The number of carbonyl (C=O) groups excluding carboxylic acids is 3. The summed E-state index contributed by atoms with van der Waals surface area (Å²) in [6.07, 6.45) is 1.35. The van der Waals surface area contributed by atoms with Crippen molar-refractivity contribution in [3.63, 3.8) is 0 Å². The molecule has 2 aromatic heterocycles. The molecule has 3 aromatic rings. The van der Waals surface area contributed by atoms with E-state index < -0.39 is 0 Å². The molecule has 0 spiro atoms. The first-order valence-electron chi connectivity index (χ1n) is 11.5. The van der Waals surface area contributed by atoms with E-state index in [0.717, 1.165) is 28.1 Å². The average Bonchev–Trinajstić information content (AvgIpc) is 3.58. The summed E-state index contributed by atoms with van der Waals surface area (Å²) in [6, 6.07) is 13.4. The fourth-order valence-electron chi connectivity index (χ4n) is 3.76. The van der Waals surface area contributed by atoms with Gasteiger partial charge in [0.1, 0.15) is 10.7 Å². The summed E-state index contributed by atoms with van der Waals surface area (Å²) >= 11 is 4.29. The van der Waals surface area contributed by atoms with Crippen molar-refractivity contribution in [2.24, 2.45) is 0 Å². The number of thiophene rings is 2. The lowest BCUT2D eigenvalue weighted by atomic mass is 10.0. The number of ether oxygens (including phenoxy) is 1. The average molecular weight is 539 g/mol. The van der Waals surface area contributed by atoms with Gasteiger partial charge < -0.3 is 4.74 Å². The number of rotatable bonds is 9. The third-order valence-corrected chi connectivity index (χ3v) is 8.25. The van der Waals surface area contributed by atoms with E-state index >= 15 is 0 Å². The van der Waals surface area contributed by atoms with Crippen LogP contribution in [0.3, 0.4) is 0 Å². The minimum Gasteiger partial charge on any atom is -0.465 e. The van der Waals surface area contributed by atoms with Crippen molar-refractivity contribution in [3.8, 4) is 11.8 Å². The molecule has 186 valence electrons. The summed E-state index contributed by atoms with van der Waals surface area (Å²) in [7, 11) is 1.36. The maximum atomic E-state index is 12.8. The van der Waals surface area contributed by atoms with Crippen LogP contribution in [0.4, 0.5) is 4.79 Å². The van der Waals surface area contributed by atoms with Gasteiger partial charge in [-0.1, -0.05) is 35.7 Å². The van der Waals surface area contributed by atoms with Crippen LogP contribution in [-0.2, 0) is 22.4 Å². The second-order valence-corrected chi connectivity index (χ2v) is 11.1. The van der Waals surface area contributed by atoms with Crippen LogP contribution in [-0.4, -0.2) is 59.5 Å². The molecule has 0 atom stereocenters. The maximum Gasteiger partial charge on any atom is 0.348 e. The molecule has 1 aliphatic heterocycles. The first-order valence-corrected chi connectivity index (χ1v) is 14.3. The maximum absolute atomic E-state index is 12.8. The number of hydrogen-bond donors (Lipinski definition) is 0. The van der Waals surface area contributed by atoms with Gasteiger partial charge in [0.05, 0.1) is 7.11 Å². The Kier molecular flexibility index (Phi) is 9.36. The molecule has 36 heavy (non-hydrogen) atoms. The molecule has 0 saturated carbocycles. The molecular formula is C27H26N2O4S3. The Morgan fingerprint density at radius 1 is 1.08 bits per heavy atom. The topological polar surface area (TPSA) is 66.9 Å². The number of hydrazine groups is 1. The number of Topliss-reactive ketones (excluding diaryl/α,β-unsaturated/α-hetero) is 1. The highest BCUT2D eigenvalue weighted by Gasteiger charge is 2.27. The molecule has 0 unspecified atom stereocenters. The number of amides is 1. The van der Waals surface area contributed by atoms with Gasteiger partial charge in [-0.3, -0.25) is 14.6 Å². The second-order valence-electron chi connectivity index (χ2n) is 8.13. The smallest absolute Gasteiger partial charge is 0.348 e. The van der Waals surface area contributed by atoms with Crippen LogP contribution >= 0.6 is 34.4 Å². The normalized spacial score (nSPS) is 13.8. The van der Waals surface area contributed by atoms with Gasteiger partial charge in [-0.25, -0.2) is 9.80 Å². The van der Waals surface area contributed by atoms with Crippen molar-refractivity contribution >= 4 is 51.4 Å². The minimum atomic E-state index is -0.351. The highest BCUT2D eigenvalue weighted by atomic mass is 32.2. The monoisotopic (exact) mass is 538 g/mol. The molecule has 0 aliphatic carbocycles. The first-order chi connectivity index (χ1) is 17.5. The number of hydrogen-bond acceptors (Lipinski definition) is 8. The summed E-state index contributed by atoms with van der Waals surface area (Å²) in [5, 5.41) is 7.72. The summed E-state index contributed by atoms with van der Waals surface area (Å²) in [4.78, 5) is 38.6. The number of nitrogens with zero attached hydrogens (tertiary/aromatic N) is 2. The van der Waals surface area contributed by atoms with Crippen molar-refractivity contribution in [3.05, 3.63) is 79.7 Å². The van der Waals surface area contributed by atoms with Gasteiger partial charge in [0.2, 0.25) is 0 Å². The number of benzene rings is 1. The third kappa shape index (κ3) is 7.31. The molecule has 6 nitrogen and oxygen atoms in total. The molecule has 9 heteroatoms. The van der Waals surface area contributed by atoms with Gasteiger partial charge >= 0.3 is 5.97 Å². The SMILES string of the molecule is COC(=O)c1ccc(CCN2C(=O)SCCN2CCC(=O)Cc2cccc(C#Cc3ccsc3)c2)s1. The minimum absolute atomic E-state index is 0.00431. The van der Waals surface area contributed by atoms with Crippen molar-refractivity contribution in [2.45, 2.75) is 19.3 Å². The Balaban J connectivity index is 1.30. The van der Waals surface area contributed by atoms with Crippen LogP contribution < -0.4 is 0 Å². The summed E-state index contributed by atoms with van der Waals surface area (Å²) < 4.78 is 4.77. The fourth-order valence-corrected chi connectivity index (χ4v) is 6.10. The van der Waals surface area contributed by atoms with E-state index in [1.165, 1.54) is 30.2 Å². The molecule has 1 amide bonds. The molecule has 1 saturated heterocycles. The van der Waals surface area contributed by atoms with E-state index in [2.05, 4.69) is 11.8 Å². The van der Waals surface area contributed by atoms with Crippen LogP contribution in [0.15, 0.2) is 53.2 Å². The molecule has 1 aromatic carbocycles. The number of thioether (sulfide) groups is 1. The van der Waals surface area contributed by atoms with Gasteiger partial charge in [-0.15, -0.1) is 11.3 Å². The van der Waals surface area contributed by atoms with Gasteiger partial charge in [-0.05, 0) is 41.3 Å². The highest BCUT2D eigenvalue weighted by Crippen LogP contribution is 2.22. The van der Waals surface area contributed by atoms with E-state index in [9.17, 15) is 14.4 Å². The molecule has 0 radical (unpaired) electrons. The number of ketones is 1. The van der Waals surface area contributed by atoms with Crippen molar-refractivity contribution < 1.29 is 19.1 Å². The Bertz CT molecular complexity index is 1270. The predicted molar refractivity (Wildman–Crippen MR) is 146 cm³/mol. The second kappa shape index (κ2) is 12.9.